The quantitative estimate of drug-likeness (QED) is 0.506. The first-order chi connectivity index (χ1) is 9.69. The summed E-state index contributed by atoms with van der Waals surface area (Å²) < 4.78 is 44.2. The molecular weight excluding hydrogens is 347 g/mol. The van der Waals surface area contributed by atoms with Gasteiger partial charge >= 0.3 is 6.18 Å². The minimum absolute atomic E-state index is 0.155. The van der Waals surface area contributed by atoms with Crippen LogP contribution < -0.4 is 4.74 Å². The van der Waals surface area contributed by atoms with Gasteiger partial charge in [-0.05, 0) is 44.4 Å². The topological polar surface area (TPSA) is 33.0 Å². The molecule has 0 fully saturated rings. The summed E-state index contributed by atoms with van der Waals surface area (Å²) in [5.41, 5.74) is -0.713. The molecule has 0 N–H and O–H groups in total. The molecule has 0 saturated heterocycles. The van der Waals surface area contributed by atoms with Gasteiger partial charge in [-0.3, -0.25) is 0 Å². The van der Waals surface area contributed by atoms with Gasteiger partial charge in [-0.25, -0.2) is 0 Å². The molecule has 116 valence electrons. The zero-order valence-electron chi connectivity index (χ0n) is 11.9. The fourth-order valence-electron chi connectivity index (χ4n) is 1.76. The molecule has 0 aliphatic carbocycles. The van der Waals surface area contributed by atoms with Gasteiger partial charge in [0.1, 0.15) is 5.75 Å². The van der Waals surface area contributed by atoms with Crippen molar-refractivity contribution in [2.45, 2.75) is 38.2 Å². The van der Waals surface area contributed by atoms with Crippen LogP contribution in [0.25, 0.3) is 0 Å². The van der Waals surface area contributed by atoms with E-state index < -0.39 is 17.2 Å². The summed E-state index contributed by atoms with van der Waals surface area (Å²) in [7, 11) is 0. The fraction of sp³-hybridized carbons (Fsp3) is 0.533. The minimum atomic E-state index is -4.45. The number of hydrogen-bond acceptors (Lipinski definition) is 2. The molecule has 21 heavy (non-hydrogen) atoms. The Hall–Kier alpha value is -1.22. The SMILES string of the molecule is CC(C)(C#N)CCCOc1ccc(CBr)cc1C(F)(F)F. The van der Waals surface area contributed by atoms with Crippen molar-refractivity contribution in [3.05, 3.63) is 29.3 Å². The largest absolute Gasteiger partial charge is 0.493 e. The van der Waals surface area contributed by atoms with E-state index in [0.29, 0.717) is 23.7 Å². The highest BCUT2D eigenvalue weighted by Gasteiger charge is 2.34. The van der Waals surface area contributed by atoms with Crippen LogP contribution >= 0.6 is 15.9 Å². The standard InChI is InChI=1S/C15H17BrF3NO/c1-14(2,10-20)6-3-7-21-13-5-4-11(9-16)8-12(13)15(17,18)19/h4-5,8H,3,6-7,9H2,1-2H3. The second-order valence-electron chi connectivity index (χ2n) is 5.41. The number of benzene rings is 1. The molecule has 0 unspecified atom stereocenters. The van der Waals surface area contributed by atoms with Crippen molar-refractivity contribution in [3.63, 3.8) is 0 Å². The number of ether oxygens (including phenoxy) is 1. The van der Waals surface area contributed by atoms with E-state index in [1.54, 1.807) is 19.9 Å². The molecule has 0 aromatic heterocycles. The molecule has 1 aromatic carbocycles. The van der Waals surface area contributed by atoms with Crippen molar-refractivity contribution in [2.24, 2.45) is 5.41 Å². The fourth-order valence-corrected chi connectivity index (χ4v) is 2.11. The lowest BCUT2D eigenvalue weighted by Gasteiger charge is -2.17. The molecule has 1 aromatic rings. The smallest absolute Gasteiger partial charge is 0.419 e. The Balaban J connectivity index is 2.73. The van der Waals surface area contributed by atoms with Gasteiger partial charge in [0.25, 0.3) is 0 Å². The van der Waals surface area contributed by atoms with Crippen LogP contribution in [0.1, 0.15) is 37.8 Å². The number of rotatable bonds is 6. The molecule has 0 aliphatic rings. The number of hydrogen-bond donors (Lipinski definition) is 0. The van der Waals surface area contributed by atoms with Crippen LogP contribution in [0, 0.1) is 16.7 Å². The van der Waals surface area contributed by atoms with E-state index >= 15 is 0 Å². The van der Waals surface area contributed by atoms with Crippen molar-refractivity contribution in [2.75, 3.05) is 6.61 Å². The summed E-state index contributed by atoms with van der Waals surface area (Å²) in [5.74, 6) is -0.165. The molecule has 1 rings (SSSR count). The predicted molar refractivity (Wildman–Crippen MR) is 78.2 cm³/mol. The summed E-state index contributed by atoms with van der Waals surface area (Å²) in [6.45, 7) is 3.74. The molecule has 0 atom stereocenters. The molecule has 0 aliphatic heterocycles. The second-order valence-corrected chi connectivity index (χ2v) is 5.97. The number of nitrogens with zero attached hydrogens (tertiary/aromatic N) is 1. The summed E-state index contributed by atoms with van der Waals surface area (Å²) in [4.78, 5) is 0. The minimum Gasteiger partial charge on any atom is -0.493 e. The van der Waals surface area contributed by atoms with E-state index in [4.69, 9.17) is 10.00 Å². The molecule has 0 saturated carbocycles. The number of halogens is 4. The Morgan fingerprint density at radius 3 is 2.48 bits per heavy atom. The van der Waals surface area contributed by atoms with Crippen LogP contribution in [0.15, 0.2) is 18.2 Å². The molecule has 0 heterocycles. The summed E-state index contributed by atoms with van der Waals surface area (Å²) in [5, 5.41) is 9.23. The van der Waals surface area contributed by atoms with Gasteiger partial charge in [-0.1, -0.05) is 22.0 Å². The lowest BCUT2D eigenvalue weighted by molar-refractivity contribution is -0.139. The van der Waals surface area contributed by atoms with E-state index in [-0.39, 0.29) is 12.4 Å². The van der Waals surface area contributed by atoms with E-state index in [1.165, 1.54) is 6.07 Å². The van der Waals surface area contributed by atoms with Crippen molar-refractivity contribution in [1.29, 1.82) is 5.26 Å². The van der Waals surface area contributed by atoms with Gasteiger partial charge in [0.15, 0.2) is 0 Å². The van der Waals surface area contributed by atoms with Crippen LogP contribution in [0.2, 0.25) is 0 Å². The number of alkyl halides is 4. The maximum absolute atomic E-state index is 13.0. The Morgan fingerprint density at radius 1 is 1.29 bits per heavy atom. The van der Waals surface area contributed by atoms with Crippen LogP contribution in [-0.2, 0) is 11.5 Å². The van der Waals surface area contributed by atoms with Gasteiger partial charge in [0, 0.05) is 5.33 Å². The first-order valence-electron chi connectivity index (χ1n) is 6.50. The Bertz CT molecular complexity index is 521. The normalized spacial score (nSPS) is 12.0. The summed E-state index contributed by atoms with van der Waals surface area (Å²) >= 11 is 3.14. The van der Waals surface area contributed by atoms with Gasteiger partial charge in [0.05, 0.1) is 23.7 Å². The van der Waals surface area contributed by atoms with E-state index in [1.807, 2.05) is 0 Å². The third-order valence-corrected chi connectivity index (χ3v) is 3.66. The van der Waals surface area contributed by atoms with Gasteiger partial charge in [-0.15, -0.1) is 0 Å². The highest BCUT2D eigenvalue weighted by Crippen LogP contribution is 2.37. The van der Waals surface area contributed by atoms with Gasteiger partial charge in [-0.2, -0.15) is 18.4 Å². The van der Waals surface area contributed by atoms with Crippen LogP contribution in [0.5, 0.6) is 5.75 Å². The van der Waals surface area contributed by atoms with Crippen molar-refractivity contribution >= 4 is 15.9 Å². The summed E-state index contributed by atoms with van der Waals surface area (Å²) in [6, 6.07) is 6.17. The Labute approximate surface area is 131 Å². The first-order valence-corrected chi connectivity index (χ1v) is 7.62. The second kappa shape index (κ2) is 7.17. The Kier molecular flexibility index (Phi) is 6.09. The highest BCUT2D eigenvalue weighted by molar-refractivity contribution is 9.08. The van der Waals surface area contributed by atoms with Crippen LogP contribution in [0.3, 0.4) is 0 Å². The predicted octanol–water partition coefficient (Wildman–Crippen LogP) is 5.31. The molecular formula is C15H17BrF3NO. The van der Waals surface area contributed by atoms with Crippen molar-refractivity contribution in [1.82, 2.24) is 0 Å². The molecule has 0 bridgehead atoms. The van der Waals surface area contributed by atoms with Crippen LogP contribution in [-0.4, -0.2) is 6.61 Å². The van der Waals surface area contributed by atoms with E-state index in [0.717, 1.165) is 6.07 Å². The zero-order valence-corrected chi connectivity index (χ0v) is 13.5. The van der Waals surface area contributed by atoms with E-state index in [9.17, 15) is 13.2 Å². The van der Waals surface area contributed by atoms with Crippen molar-refractivity contribution in [3.8, 4) is 11.8 Å². The molecule has 2 nitrogen and oxygen atoms in total. The maximum Gasteiger partial charge on any atom is 0.419 e. The van der Waals surface area contributed by atoms with Gasteiger partial charge in [0.2, 0.25) is 0 Å². The van der Waals surface area contributed by atoms with Crippen molar-refractivity contribution < 1.29 is 17.9 Å². The average Bonchev–Trinajstić information content (AvgIpc) is 2.42. The van der Waals surface area contributed by atoms with E-state index in [2.05, 4.69) is 22.0 Å². The third-order valence-electron chi connectivity index (χ3n) is 3.01. The maximum atomic E-state index is 13.0. The molecule has 6 heteroatoms. The summed E-state index contributed by atoms with van der Waals surface area (Å²) in [6.07, 6.45) is -3.35. The molecule has 0 amide bonds. The lowest BCUT2D eigenvalue weighted by atomic mass is 9.90. The zero-order chi connectivity index (χ0) is 16.1. The third kappa shape index (κ3) is 5.58. The monoisotopic (exact) mass is 363 g/mol. The highest BCUT2D eigenvalue weighted by atomic mass is 79.9. The Morgan fingerprint density at radius 2 is 1.95 bits per heavy atom. The number of nitriles is 1. The molecule has 0 radical (unpaired) electrons. The lowest BCUT2D eigenvalue weighted by Crippen LogP contribution is -2.12. The van der Waals surface area contributed by atoms with Crippen LogP contribution in [0.4, 0.5) is 13.2 Å². The first kappa shape index (κ1) is 17.8. The van der Waals surface area contributed by atoms with Gasteiger partial charge < -0.3 is 4.74 Å². The molecule has 0 spiro atoms. The average molecular weight is 364 g/mol.